The summed E-state index contributed by atoms with van der Waals surface area (Å²) in [6, 6.07) is 13.5. The molecule has 33 heavy (non-hydrogen) atoms. The third kappa shape index (κ3) is 4.33. The normalized spacial score (nSPS) is 20.7. The molecule has 8 heteroatoms. The fourth-order valence-electron chi connectivity index (χ4n) is 4.69. The zero-order valence-corrected chi connectivity index (χ0v) is 18.2. The van der Waals surface area contributed by atoms with Gasteiger partial charge in [-0.05, 0) is 48.7 Å². The van der Waals surface area contributed by atoms with E-state index in [4.69, 9.17) is 4.74 Å². The number of hydrogen-bond donors (Lipinski definition) is 0. The zero-order chi connectivity index (χ0) is 22.8. The molecule has 0 unspecified atom stereocenters. The first-order valence-electron chi connectivity index (χ1n) is 11.1. The van der Waals surface area contributed by atoms with Crippen LogP contribution in [-0.4, -0.2) is 51.7 Å². The van der Waals surface area contributed by atoms with Gasteiger partial charge in [-0.1, -0.05) is 18.2 Å². The maximum Gasteiger partial charge on any atom is 0.415 e. The summed E-state index contributed by atoms with van der Waals surface area (Å²) >= 11 is 0. The van der Waals surface area contributed by atoms with Gasteiger partial charge in [0.15, 0.2) is 0 Å². The Morgan fingerprint density at radius 1 is 1.09 bits per heavy atom. The first-order chi connectivity index (χ1) is 16.0. The summed E-state index contributed by atoms with van der Waals surface area (Å²) in [6.07, 6.45) is 6.88. The predicted octanol–water partition coefficient (Wildman–Crippen LogP) is 4.09. The minimum Gasteiger partial charge on any atom is -0.441 e. The molecule has 0 aliphatic carbocycles. The molecule has 5 rings (SSSR count). The van der Waals surface area contributed by atoms with Gasteiger partial charge in [-0.2, -0.15) is 0 Å². The van der Waals surface area contributed by atoms with Crippen LogP contribution in [0.15, 0.2) is 67.3 Å². The molecule has 0 saturated carbocycles. The van der Waals surface area contributed by atoms with Crippen LogP contribution in [0.3, 0.4) is 0 Å². The number of anilines is 1. The lowest BCUT2D eigenvalue weighted by molar-refractivity contribution is 0.0438. The summed E-state index contributed by atoms with van der Waals surface area (Å²) < 4.78 is 21.1. The lowest BCUT2D eigenvalue weighted by atomic mass is 9.95. The molecular formula is C25H25FN4O3. The second-order valence-electron chi connectivity index (χ2n) is 8.65. The fraction of sp³-hybridized carbons (Fsp3) is 0.320. The number of carbonyl (C=O) groups excluding carboxylic acids is 2. The number of amides is 2. The Morgan fingerprint density at radius 2 is 1.91 bits per heavy atom. The third-order valence-corrected chi connectivity index (χ3v) is 6.45. The van der Waals surface area contributed by atoms with E-state index in [0.717, 1.165) is 12.0 Å². The van der Waals surface area contributed by atoms with E-state index in [1.807, 2.05) is 39.9 Å². The second kappa shape index (κ2) is 8.69. The Bertz CT molecular complexity index is 1150. The van der Waals surface area contributed by atoms with Gasteiger partial charge >= 0.3 is 6.09 Å². The molecule has 2 aromatic carbocycles. The molecule has 2 saturated heterocycles. The molecule has 0 radical (unpaired) electrons. The van der Waals surface area contributed by atoms with Crippen LogP contribution in [0.5, 0.6) is 0 Å². The van der Waals surface area contributed by atoms with E-state index < -0.39 is 11.7 Å². The lowest BCUT2D eigenvalue weighted by Crippen LogP contribution is -2.37. The first-order valence-corrected chi connectivity index (χ1v) is 11.1. The molecule has 2 aliphatic rings. The SMILES string of the molecule is O=C(c1ccccc1Cn1ccnc1)N1CCC[C@]2(CC1)CN(c1ccc(F)cc1)C(=O)O2. The van der Waals surface area contributed by atoms with Crippen LogP contribution < -0.4 is 4.90 Å². The Balaban J connectivity index is 1.30. The quantitative estimate of drug-likeness (QED) is 0.603. The largest absolute Gasteiger partial charge is 0.441 e. The molecular weight excluding hydrogens is 423 g/mol. The van der Waals surface area contributed by atoms with E-state index in [2.05, 4.69) is 4.98 Å². The van der Waals surface area contributed by atoms with Crippen molar-refractivity contribution in [1.29, 1.82) is 0 Å². The van der Waals surface area contributed by atoms with Gasteiger partial charge in [0.1, 0.15) is 11.4 Å². The van der Waals surface area contributed by atoms with Crippen molar-refractivity contribution in [1.82, 2.24) is 14.5 Å². The minimum atomic E-state index is -0.642. The Hall–Kier alpha value is -3.68. The van der Waals surface area contributed by atoms with Crippen molar-refractivity contribution in [2.75, 3.05) is 24.5 Å². The van der Waals surface area contributed by atoms with Crippen molar-refractivity contribution < 1.29 is 18.7 Å². The number of ether oxygens (including phenoxy) is 1. The van der Waals surface area contributed by atoms with E-state index in [9.17, 15) is 14.0 Å². The average molecular weight is 448 g/mol. The summed E-state index contributed by atoms with van der Waals surface area (Å²) in [4.78, 5) is 33.5. The van der Waals surface area contributed by atoms with Gasteiger partial charge in [0, 0.05) is 49.7 Å². The number of imidazole rings is 1. The van der Waals surface area contributed by atoms with Crippen LogP contribution in [-0.2, 0) is 11.3 Å². The summed E-state index contributed by atoms with van der Waals surface area (Å²) in [5.41, 5.74) is 1.59. The molecule has 170 valence electrons. The van der Waals surface area contributed by atoms with Gasteiger partial charge in [0.2, 0.25) is 0 Å². The van der Waals surface area contributed by atoms with Crippen LogP contribution in [0, 0.1) is 5.82 Å². The highest BCUT2D eigenvalue weighted by molar-refractivity contribution is 5.96. The van der Waals surface area contributed by atoms with Gasteiger partial charge in [0.05, 0.1) is 12.9 Å². The number of nitrogens with zero attached hydrogens (tertiary/aromatic N) is 4. The molecule has 2 aliphatic heterocycles. The molecule has 1 spiro atoms. The molecule has 2 amide bonds. The molecule has 2 fully saturated rings. The minimum absolute atomic E-state index is 0.0116. The van der Waals surface area contributed by atoms with Gasteiger partial charge in [-0.15, -0.1) is 0 Å². The van der Waals surface area contributed by atoms with Gasteiger partial charge in [0.25, 0.3) is 5.91 Å². The number of hydrogen-bond acceptors (Lipinski definition) is 4. The lowest BCUT2D eigenvalue weighted by Gasteiger charge is -2.26. The number of carbonyl (C=O) groups is 2. The molecule has 3 heterocycles. The second-order valence-corrected chi connectivity index (χ2v) is 8.65. The number of likely N-dealkylation sites (tertiary alicyclic amines) is 1. The van der Waals surface area contributed by atoms with Crippen molar-refractivity contribution in [3.63, 3.8) is 0 Å². The Kier molecular flexibility index (Phi) is 5.58. The third-order valence-electron chi connectivity index (χ3n) is 6.45. The van der Waals surface area contributed by atoms with Crippen LogP contribution in [0.4, 0.5) is 14.9 Å². The fourth-order valence-corrected chi connectivity index (χ4v) is 4.69. The van der Waals surface area contributed by atoms with Crippen molar-refractivity contribution in [2.24, 2.45) is 0 Å². The number of aromatic nitrogens is 2. The van der Waals surface area contributed by atoms with Crippen LogP contribution >= 0.6 is 0 Å². The number of benzene rings is 2. The Labute approximate surface area is 191 Å². The highest BCUT2D eigenvalue weighted by atomic mass is 19.1. The topological polar surface area (TPSA) is 67.7 Å². The van der Waals surface area contributed by atoms with Crippen LogP contribution in [0.1, 0.15) is 35.2 Å². The summed E-state index contributed by atoms with van der Waals surface area (Å²) in [5, 5.41) is 0. The molecule has 0 bridgehead atoms. The smallest absolute Gasteiger partial charge is 0.415 e. The molecule has 1 atom stereocenters. The van der Waals surface area contributed by atoms with E-state index in [1.165, 1.54) is 12.1 Å². The first kappa shape index (κ1) is 21.2. The van der Waals surface area contributed by atoms with Gasteiger partial charge in [-0.3, -0.25) is 9.69 Å². The maximum absolute atomic E-state index is 13.4. The Morgan fingerprint density at radius 3 is 2.70 bits per heavy atom. The summed E-state index contributed by atoms with van der Waals surface area (Å²) in [6.45, 7) is 2.08. The summed E-state index contributed by atoms with van der Waals surface area (Å²) in [5.74, 6) is -0.361. The number of halogens is 1. The summed E-state index contributed by atoms with van der Waals surface area (Å²) in [7, 11) is 0. The van der Waals surface area contributed by atoms with Crippen LogP contribution in [0.25, 0.3) is 0 Å². The van der Waals surface area contributed by atoms with Crippen molar-refractivity contribution in [3.05, 3.63) is 84.2 Å². The highest BCUT2D eigenvalue weighted by Crippen LogP contribution is 2.36. The van der Waals surface area contributed by atoms with E-state index in [1.54, 1.807) is 29.6 Å². The molecule has 7 nitrogen and oxygen atoms in total. The molecule has 1 aromatic heterocycles. The maximum atomic E-state index is 13.4. The van der Waals surface area contributed by atoms with Gasteiger partial charge in [-0.25, -0.2) is 14.2 Å². The monoisotopic (exact) mass is 448 g/mol. The highest BCUT2D eigenvalue weighted by Gasteiger charge is 2.46. The van der Waals surface area contributed by atoms with Crippen molar-refractivity contribution in [3.8, 4) is 0 Å². The zero-order valence-electron chi connectivity index (χ0n) is 18.2. The van der Waals surface area contributed by atoms with Crippen LogP contribution in [0.2, 0.25) is 0 Å². The molecule has 0 N–H and O–H groups in total. The predicted molar refractivity (Wildman–Crippen MR) is 120 cm³/mol. The van der Waals surface area contributed by atoms with Crippen molar-refractivity contribution >= 4 is 17.7 Å². The standard InChI is InChI=1S/C25H25FN4O3/c26-20-6-8-21(9-7-20)30-17-25(33-24(30)32)10-3-13-29(14-11-25)23(31)22-5-2-1-4-19(22)16-28-15-12-27-18-28/h1-2,4-9,12,15,18H,3,10-11,13-14,16-17H2/t25-/m0/s1. The van der Waals surface area contributed by atoms with Gasteiger partial charge < -0.3 is 14.2 Å². The molecule has 3 aromatic rings. The van der Waals surface area contributed by atoms with E-state index in [0.29, 0.717) is 50.3 Å². The van der Waals surface area contributed by atoms with Crippen molar-refractivity contribution in [2.45, 2.75) is 31.4 Å². The van der Waals surface area contributed by atoms with E-state index in [-0.39, 0.29) is 11.7 Å². The number of rotatable bonds is 4. The van der Waals surface area contributed by atoms with E-state index >= 15 is 0 Å². The average Bonchev–Trinajstić information content (AvgIpc) is 3.38.